The molecule has 2 rings (SSSR count). The molecule has 0 bridgehead atoms. The molecule has 0 spiro atoms. The molecular weight excluding hydrogens is 206 g/mol. The van der Waals surface area contributed by atoms with Gasteiger partial charge in [-0.25, -0.2) is 0 Å². The van der Waals surface area contributed by atoms with Crippen LogP contribution in [0.3, 0.4) is 0 Å². The van der Waals surface area contributed by atoms with Crippen molar-refractivity contribution in [2.24, 2.45) is 0 Å². The highest BCUT2D eigenvalue weighted by Gasteiger charge is 2.16. The van der Waals surface area contributed by atoms with E-state index in [0.717, 1.165) is 13.1 Å². The van der Waals surface area contributed by atoms with Crippen molar-refractivity contribution in [2.45, 2.75) is 31.8 Å². The third kappa shape index (κ3) is 3.57. The number of allylic oxidation sites excluding steroid dienone is 1. The van der Waals surface area contributed by atoms with Crippen LogP contribution in [0.1, 0.15) is 24.8 Å². The predicted molar refractivity (Wildman–Crippen MR) is 73.8 cm³/mol. The molecule has 0 aliphatic heterocycles. The van der Waals surface area contributed by atoms with Gasteiger partial charge < -0.3 is 0 Å². The van der Waals surface area contributed by atoms with Crippen molar-refractivity contribution in [1.82, 2.24) is 4.90 Å². The van der Waals surface area contributed by atoms with Gasteiger partial charge in [-0.2, -0.15) is 0 Å². The molecule has 1 aliphatic rings. The number of rotatable bonds is 5. The second kappa shape index (κ2) is 6.41. The molecule has 1 unspecified atom stereocenters. The number of hydrogen-bond acceptors (Lipinski definition) is 1. The zero-order valence-corrected chi connectivity index (χ0v) is 10.4. The first kappa shape index (κ1) is 12.1. The summed E-state index contributed by atoms with van der Waals surface area (Å²) in [6.07, 6.45) is 10.5. The van der Waals surface area contributed by atoms with Crippen LogP contribution >= 0.6 is 0 Å². The average molecular weight is 227 g/mol. The highest BCUT2D eigenvalue weighted by molar-refractivity contribution is 5.15. The second-order valence-corrected chi connectivity index (χ2v) is 4.63. The molecule has 0 N–H and O–H groups in total. The topological polar surface area (TPSA) is 3.24 Å². The number of benzene rings is 1. The summed E-state index contributed by atoms with van der Waals surface area (Å²) in [5, 5.41) is 0. The van der Waals surface area contributed by atoms with E-state index in [0.29, 0.717) is 6.04 Å². The zero-order chi connectivity index (χ0) is 11.9. The smallest absolute Gasteiger partial charge is 0.0285 e. The fourth-order valence-corrected chi connectivity index (χ4v) is 2.40. The van der Waals surface area contributed by atoms with E-state index in [1.165, 1.54) is 24.8 Å². The van der Waals surface area contributed by atoms with Gasteiger partial charge in [0.15, 0.2) is 0 Å². The minimum absolute atomic E-state index is 0.585. The summed E-state index contributed by atoms with van der Waals surface area (Å²) >= 11 is 0. The molecule has 90 valence electrons. The largest absolute Gasteiger partial charge is 0.289 e. The maximum absolute atomic E-state index is 3.87. The van der Waals surface area contributed by atoms with Crippen LogP contribution in [0.4, 0.5) is 0 Å². The fraction of sp³-hybridized carbons (Fsp3) is 0.375. The monoisotopic (exact) mass is 227 g/mol. The lowest BCUT2D eigenvalue weighted by Crippen LogP contribution is -2.34. The molecule has 0 radical (unpaired) electrons. The standard InChI is InChI=1S/C16H21N/c1-2-13-17(16-11-7-4-8-12-16)14-15-9-5-3-6-10-15/h2-3,5-7,9-11,16H,1,4,8,12-14H2. The molecule has 0 heterocycles. The van der Waals surface area contributed by atoms with E-state index >= 15 is 0 Å². The van der Waals surface area contributed by atoms with Crippen molar-refractivity contribution in [3.05, 3.63) is 60.7 Å². The van der Waals surface area contributed by atoms with Crippen LogP contribution < -0.4 is 0 Å². The number of nitrogens with zero attached hydrogens (tertiary/aromatic N) is 1. The van der Waals surface area contributed by atoms with Crippen LogP contribution in [0, 0.1) is 0 Å². The summed E-state index contributed by atoms with van der Waals surface area (Å²) in [4.78, 5) is 2.50. The Morgan fingerprint density at radius 3 is 2.76 bits per heavy atom. The minimum Gasteiger partial charge on any atom is -0.289 e. The van der Waals surface area contributed by atoms with Gasteiger partial charge in [0.05, 0.1) is 0 Å². The van der Waals surface area contributed by atoms with E-state index in [4.69, 9.17) is 0 Å². The Bertz CT molecular complexity index is 366. The Morgan fingerprint density at radius 1 is 1.29 bits per heavy atom. The van der Waals surface area contributed by atoms with Gasteiger partial charge in [-0.05, 0) is 24.8 Å². The Morgan fingerprint density at radius 2 is 2.12 bits per heavy atom. The Hall–Kier alpha value is -1.34. The molecule has 1 nitrogen and oxygen atoms in total. The van der Waals surface area contributed by atoms with Crippen LogP contribution in [0.5, 0.6) is 0 Å². The van der Waals surface area contributed by atoms with E-state index in [1.54, 1.807) is 0 Å². The highest BCUT2D eigenvalue weighted by atomic mass is 15.1. The summed E-state index contributed by atoms with van der Waals surface area (Å²) in [5.41, 5.74) is 1.38. The summed E-state index contributed by atoms with van der Waals surface area (Å²) in [7, 11) is 0. The second-order valence-electron chi connectivity index (χ2n) is 4.63. The molecule has 0 saturated heterocycles. The Labute approximate surface area is 104 Å². The summed E-state index contributed by atoms with van der Waals surface area (Å²) in [6, 6.07) is 11.3. The lowest BCUT2D eigenvalue weighted by molar-refractivity contribution is 0.227. The van der Waals surface area contributed by atoms with Gasteiger partial charge in [-0.1, -0.05) is 48.6 Å². The van der Waals surface area contributed by atoms with E-state index in [9.17, 15) is 0 Å². The first-order chi connectivity index (χ1) is 8.40. The average Bonchev–Trinajstić information content (AvgIpc) is 2.40. The molecule has 0 saturated carbocycles. The lowest BCUT2D eigenvalue weighted by atomic mass is 10.0. The molecule has 0 fully saturated rings. The lowest BCUT2D eigenvalue weighted by Gasteiger charge is -2.30. The van der Waals surface area contributed by atoms with Crippen LogP contribution in [-0.2, 0) is 6.54 Å². The van der Waals surface area contributed by atoms with Crippen molar-refractivity contribution in [2.75, 3.05) is 6.54 Å². The molecule has 0 aromatic heterocycles. The van der Waals surface area contributed by atoms with Gasteiger partial charge in [-0.3, -0.25) is 4.90 Å². The van der Waals surface area contributed by atoms with Crippen LogP contribution in [0.2, 0.25) is 0 Å². The fourth-order valence-electron chi connectivity index (χ4n) is 2.40. The highest BCUT2D eigenvalue weighted by Crippen LogP contribution is 2.18. The normalized spacial score (nSPS) is 19.5. The van der Waals surface area contributed by atoms with E-state index < -0.39 is 0 Å². The zero-order valence-electron chi connectivity index (χ0n) is 10.4. The molecule has 17 heavy (non-hydrogen) atoms. The maximum Gasteiger partial charge on any atom is 0.0285 e. The van der Waals surface area contributed by atoms with E-state index in [2.05, 4.69) is 54.0 Å². The van der Waals surface area contributed by atoms with Crippen molar-refractivity contribution >= 4 is 0 Å². The van der Waals surface area contributed by atoms with Crippen molar-refractivity contribution in [3.8, 4) is 0 Å². The van der Waals surface area contributed by atoms with E-state index in [-0.39, 0.29) is 0 Å². The number of hydrogen-bond donors (Lipinski definition) is 0. The van der Waals surface area contributed by atoms with Gasteiger partial charge >= 0.3 is 0 Å². The van der Waals surface area contributed by atoms with Crippen LogP contribution in [0.15, 0.2) is 55.1 Å². The molecule has 1 heteroatoms. The molecule has 1 aromatic rings. The van der Waals surface area contributed by atoms with Gasteiger partial charge in [0, 0.05) is 19.1 Å². The molecule has 0 amide bonds. The quantitative estimate of drug-likeness (QED) is 0.692. The molecule has 1 atom stereocenters. The van der Waals surface area contributed by atoms with Crippen LogP contribution in [0.25, 0.3) is 0 Å². The summed E-state index contributed by atoms with van der Waals surface area (Å²) < 4.78 is 0. The Balaban J connectivity index is 2.04. The first-order valence-corrected chi connectivity index (χ1v) is 6.45. The van der Waals surface area contributed by atoms with Gasteiger partial charge in [-0.15, -0.1) is 6.58 Å². The molecule has 1 aromatic carbocycles. The Kier molecular flexibility index (Phi) is 4.57. The van der Waals surface area contributed by atoms with Crippen LogP contribution in [-0.4, -0.2) is 17.5 Å². The van der Waals surface area contributed by atoms with Crippen molar-refractivity contribution in [3.63, 3.8) is 0 Å². The SMILES string of the molecule is C=CCN(Cc1ccccc1)C1C=CCCC1. The van der Waals surface area contributed by atoms with E-state index in [1.807, 2.05) is 6.08 Å². The third-order valence-electron chi connectivity index (χ3n) is 3.29. The third-order valence-corrected chi connectivity index (χ3v) is 3.29. The summed E-state index contributed by atoms with van der Waals surface area (Å²) in [6.45, 7) is 5.85. The van der Waals surface area contributed by atoms with Crippen molar-refractivity contribution in [1.29, 1.82) is 0 Å². The van der Waals surface area contributed by atoms with Gasteiger partial charge in [0.1, 0.15) is 0 Å². The maximum atomic E-state index is 3.87. The first-order valence-electron chi connectivity index (χ1n) is 6.45. The van der Waals surface area contributed by atoms with Gasteiger partial charge in [0.2, 0.25) is 0 Å². The summed E-state index contributed by atoms with van der Waals surface area (Å²) in [5.74, 6) is 0. The van der Waals surface area contributed by atoms with Gasteiger partial charge in [0.25, 0.3) is 0 Å². The molecular formula is C16H21N. The predicted octanol–water partition coefficient (Wildman–Crippen LogP) is 3.78. The minimum atomic E-state index is 0.585. The van der Waals surface area contributed by atoms with Crippen molar-refractivity contribution < 1.29 is 0 Å². The molecule has 1 aliphatic carbocycles.